The largest absolute Gasteiger partial charge is 0.392 e. The highest BCUT2D eigenvalue weighted by Crippen LogP contribution is 2.41. The predicted molar refractivity (Wildman–Crippen MR) is 187 cm³/mol. The van der Waals surface area contributed by atoms with Crippen molar-refractivity contribution in [2.24, 2.45) is 12.5 Å². The van der Waals surface area contributed by atoms with Gasteiger partial charge in [0.05, 0.1) is 24.2 Å². The molecule has 3 aliphatic rings. The summed E-state index contributed by atoms with van der Waals surface area (Å²) >= 11 is 0. The minimum Gasteiger partial charge on any atom is -0.392 e. The summed E-state index contributed by atoms with van der Waals surface area (Å²) in [4.78, 5) is 38.0. The van der Waals surface area contributed by atoms with Gasteiger partial charge in [-0.1, -0.05) is 13.8 Å². The first kappa shape index (κ1) is 32.1. The average Bonchev–Trinajstić information content (AvgIpc) is 3.55. The Labute approximate surface area is 280 Å². The van der Waals surface area contributed by atoms with Crippen LogP contribution in [0.1, 0.15) is 55.0 Å². The van der Waals surface area contributed by atoms with Crippen molar-refractivity contribution in [2.75, 3.05) is 47.8 Å². The molecule has 48 heavy (non-hydrogen) atoms. The highest BCUT2D eigenvalue weighted by atomic mass is 19.1. The lowest BCUT2D eigenvalue weighted by molar-refractivity contribution is 0.0963. The monoisotopic (exact) mass is 653 g/mol. The van der Waals surface area contributed by atoms with Crippen molar-refractivity contribution in [3.05, 3.63) is 87.5 Å². The number of carbonyl (C=O) groups is 1. The number of anilines is 4. The molecular weight excluding hydrogens is 609 g/mol. The van der Waals surface area contributed by atoms with Gasteiger partial charge in [-0.05, 0) is 79.6 Å². The minimum atomic E-state index is -0.537. The molecule has 252 valence electrons. The third-order valence-corrected chi connectivity index (χ3v) is 10.2. The number of aromatic nitrogens is 3. The molecule has 11 heteroatoms. The van der Waals surface area contributed by atoms with Crippen LogP contribution in [-0.4, -0.2) is 68.8 Å². The van der Waals surface area contributed by atoms with Gasteiger partial charge in [-0.3, -0.25) is 14.5 Å². The Morgan fingerprint density at radius 1 is 1.00 bits per heavy atom. The van der Waals surface area contributed by atoms with Crippen LogP contribution in [0, 0.1) is 11.2 Å². The standard InChI is InChI=1S/C37H44FN7O3/c1-23(2)42-8-10-43(11-9-42)27-6-7-34(39-20-27)40-30-14-25(21-41(5)35(30)47)28-16-26(38)17-31(29(28)22-46)45-13-12-44-32(36(45)48)15-24-18-37(3,4)19-33(24)44/h6-7,14-17,20-21,23,46H,8-13,18-19,22H2,1-5H3,(H,39,40). The third-order valence-electron chi connectivity index (χ3n) is 10.2. The number of aryl methyl sites for hydroxylation is 1. The van der Waals surface area contributed by atoms with Crippen LogP contribution in [0.4, 0.5) is 27.3 Å². The van der Waals surface area contributed by atoms with Crippen LogP contribution in [0.15, 0.2) is 53.6 Å². The van der Waals surface area contributed by atoms with Gasteiger partial charge in [0.2, 0.25) is 0 Å². The molecular formula is C37H44FN7O3. The van der Waals surface area contributed by atoms with Gasteiger partial charge in [0, 0.05) is 75.4 Å². The summed E-state index contributed by atoms with van der Waals surface area (Å²) in [6.07, 6.45) is 5.26. The summed E-state index contributed by atoms with van der Waals surface area (Å²) in [5.41, 5.74) is 5.88. The molecule has 0 bridgehead atoms. The first-order valence-electron chi connectivity index (χ1n) is 16.8. The number of hydrogen-bond acceptors (Lipinski definition) is 7. The fourth-order valence-electron chi connectivity index (χ4n) is 7.66. The van der Waals surface area contributed by atoms with E-state index < -0.39 is 12.4 Å². The fraction of sp³-hybridized carbons (Fsp3) is 0.432. The number of amides is 1. The summed E-state index contributed by atoms with van der Waals surface area (Å²) in [6, 6.07) is 10.7. The molecule has 1 fully saturated rings. The minimum absolute atomic E-state index is 0.167. The Balaban J connectivity index is 1.16. The highest BCUT2D eigenvalue weighted by Gasteiger charge is 2.37. The van der Waals surface area contributed by atoms with E-state index in [-0.39, 0.29) is 22.6 Å². The van der Waals surface area contributed by atoms with Crippen molar-refractivity contribution >= 4 is 28.8 Å². The lowest BCUT2D eigenvalue weighted by atomic mass is 9.90. The van der Waals surface area contributed by atoms with Crippen molar-refractivity contribution < 1.29 is 14.3 Å². The molecule has 4 aromatic rings. The number of piperazine rings is 1. The van der Waals surface area contributed by atoms with Crippen LogP contribution in [0.2, 0.25) is 0 Å². The number of hydrogen-bond donors (Lipinski definition) is 2. The maximum atomic E-state index is 15.4. The number of benzene rings is 1. The topological polar surface area (TPSA) is 98.9 Å². The smallest absolute Gasteiger partial charge is 0.274 e. The number of aliphatic hydroxyl groups is 1. The number of halogens is 1. The lowest BCUT2D eigenvalue weighted by Gasteiger charge is -2.38. The molecule has 0 radical (unpaired) electrons. The second-order valence-corrected chi connectivity index (χ2v) is 14.4. The Morgan fingerprint density at radius 3 is 2.46 bits per heavy atom. The van der Waals surface area contributed by atoms with Crippen molar-refractivity contribution in [2.45, 2.75) is 59.7 Å². The van der Waals surface area contributed by atoms with Crippen LogP contribution in [-0.2, 0) is 33.0 Å². The maximum Gasteiger partial charge on any atom is 0.274 e. The molecule has 7 rings (SSSR count). The zero-order chi connectivity index (χ0) is 33.9. The Morgan fingerprint density at radius 2 is 1.77 bits per heavy atom. The Hall–Kier alpha value is -4.48. The van der Waals surface area contributed by atoms with E-state index in [1.165, 1.54) is 28.0 Å². The quantitative estimate of drug-likeness (QED) is 0.292. The molecule has 1 saturated heterocycles. The van der Waals surface area contributed by atoms with Crippen LogP contribution in [0.3, 0.4) is 0 Å². The zero-order valence-corrected chi connectivity index (χ0v) is 28.4. The number of pyridine rings is 2. The zero-order valence-electron chi connectivity index (χ0n) is 28.4. The lowest BCUT2D eigenvalue weighted by Crippen LogP contribution is -2.48. The normalized spacial score (nSPS) is 17.6. The molecule has 0 unspecified atom stereocenters. The molecule has 0 atom stereocenters. The summed E-state index contributed by atoms with van der Waals surface area (Å²) < 4.78 is 18.9. The summed E-state index contributed by atoms with van der Waals surface area (Å²) in [5, 5.41) is 13.8. The Bertz CT molecular complexity index is 1940. The molecule has 0 saturated carbocycles. The van der Waals surface area contributed by atoms with Crippen LogP contribution >= 0.6 is 0 Å². The third kappa shape index (κ3) is 5.79. The van der Waals surface area contributed by atoms with E-state index in [9.17, 15) is 14.7 Å². The highest BCUT2D eigenvalue weighted by molar-refractivity contribution is 6.07. The predicted octanol–water partition coefficient (Wildman–Crippen LogP) is 4.94. The van der Waals surface area contributed by atoms with Gasteiger partial charge in [0.25, 0.3) is 11.5 Å². The number of nitrogens with zero attached hydrogens (tertiary/aromatic N) is 6. The van der Waals surface area contributed by atoms with Crippen molar-refractivity contribution in [3.63, 3.8) is 0 Å². The van der Waals surface area contributed by atoms with Crippen molar-refractivity contribution in [1.82, 2.24) is 19.0 Å². The van der Waals surface area contributed by atoms with Gasteiger partial charge in [-0.25, -0.2) is 9.37 Å². The number of rotatable bonds is 7. The molecule has 1 amide bonds. The van der Waals surface area contributed by atoms with E-state index in [0.717, 1.165) is 44.7 Å². The van der Waals surface area contributed by atoms with Gasteiger partial charge >= 0.3 is 0 Å². The second-order valence-electron chi connectivity index (χ2n) is 14.4. The molecule has 5 heterocycles. The van der Waals surface area contributed by atoms with Gasteiger partial charge in [0.1, 0.15) is 23.0 Å². The molecule has 10 nitrogen and oxygen atoms in total. The second kappa shape index (κ2) is 12.2. The summed E-state index contributed by atoms with van der Waals surface area (Å²) in [5.74, 6) is -0.239. The first-order chi connectivity index (χ1) is 22.9. The number of aliphatic hydroxyl groups excluding tert-OH is 1. The molecule has 0 spiro atoms. The van der Waals surface area contributed by atoms with E-state index in [0.29, 0.717) is 53.0 Å². The number of fused-ring (bicyclic) bond motifs is 3. The van der Waals surface area contributed by atoms with Crippen molar-refractivity contribution in [1.29, 1.82) is 0 Å². The van der Waals surface area contributed by atoms with E-state index in [1.807, 2.05) is 24.4 Å². The fourth-order valence-corrected chi connectivity index (χ4v) is 7.66. The van der Waals surface area contributed by atoms with E-state index in [1.54, 1.807) is 24.2 Å². The molecule has 1 aliphatic carbocycles. The maximum absolute atomic E-state index is 15.4. The van der Waals surface area contributed by atoms with Gasteiger partial charge in [-0.15, -0.1) is 0 Å². The Kier molecular flexibility index (Phi) is 8.15. The van der Waals surface area contributed by atoms with Crippen LogP contribution < -0.4 is 20.7 Å². The van der Waals surface area contributed by atoms with E-state index >= 15 is 4.39 Å². The first-order valence-corrected chi connectivity index (χ1v) is 16.8. The van der Waals surface area contributed by atoms with Gasteiger partial charge < -0.3 is 29.4 Å². The molecule has 2 aliphatic heterocycles. The van der Waals surface area contributed by atoms with Crippen molar-refractivity contribution in [3.8, 4) is 11.1 Å². The molecule has 3 aromatic heterocycles. The van der Waals surface area contributed by atoms with Gasteiger partial charge in [-0.2, -0.15) is 0 Å². The number of nitrogens with one attached hydrogen (secondary N) is 1. The average molecular weight is 654 g/mol. The van der Waals surface area contributed by atoms with Gasteiger partial charge in [0.15, 0.2) is 0 Å². The molecule has 2 N–H and O–H groups in total. The summed E-state index contributed by atoms with van der Waals surface area (Å²) in [6.45, 7) is 13.3. The van der Waals surface area contributed by atoms with E-state index in [4.69, 9.17) is 0 Å². The summed E-state index contributed by atoms with van der Waals surface area (Å²) in [7, 11) is 1.63. The van der Waals surface area contributed by atoms with E-state index in [2.05, 4.69) is 52.4 Å². The van der Waals surface area contributed by atoms with Crippen LogP contribution in [0.5, 0.6) is 0 Å². The number of carbonyl (C=O) groups excluding carboxylic acids is 1. The SMILES string of the molecule is CC(C)N1CCN(c2ccc(Nc3cc(-c4cc(F)cc(N5CCn6c(cc7c6CC(C)(C)C7)C5=O)c4CO)cn(C)c3=O)nc2)CC1. The van der Waals surface area contributed by atoms with Crippen LogP contribution in [0.25, 0.3) is 11.1 Å². The molecule has 1 aromatic carbocycles.